The molecular weight excluding hydrogens is 426 g/mol. The van der Waals surface area contributed by atoms with Gasteiger partial charge in [-0.2, -0.15) is 0 Å². The number of phenols is 1. The van der Waals surface area contributed by atoms with Gasteiger partial charge in [0.2, 0.25) is 0 Å². The molecule has 2 aromatic rings. The first-order valence-electron chi connectivity index (χ1n) is 5.05. The van der Waals surface area contributed by atoms with Gasteiger partial charge >= 0.3 is 0 Å². The summed E-state index contributed by atoms with van der Waals surface area (Å²) < 4.78 is 2.23. The normalized spacial score (nSPS) is 11.1. The lowest BCUT2D eigenvalue weighted by molar-refractivity contribution is 0.470. The minimum Gasteiger partial charge on any atom is -0.506 e. The number of aliphatic imine (C=N–C) groups is 1. The molecule has 18 heavy (non-hydrogen) atoms. The molecule has 0 atom stereocenters. The lowest BCUT2D eigenvalue weighted by Crippen LogP contribution is -1.86. The number of benzene rings is 2. The van der Waals surface area contributed by atoms with Crippen LogP contribution in [-0.4, -0.2) is 11.3 Å². The zero-order valence-corrected chi connectivity index (χ0v) is 13.8. The Bertz CT molecular complexity index is 597. The van der Waals surface area contributed by atoms with E-state index in [-0.39, 0.29) is 5.75 Å². The number of halogens is 3. The molecule has 92 valence electrons. The molecule has 0 heterocycles. The number of nitrogens with zero attached hydrogens (tertiary/aromatic N) is 1. The molecule has 2 aromatic carbocycles. The van der Waals surface area contributed by atoms with Crippen LogP contribution in [-0.2, 0) is 0 Å². The van der Waals surface area contributed by atoms with Gasteiger partial charge in [-0.15, -0.1) is 0 Å². The minimum absolute atomic E-state index is 0.157. The quantitative estimate of drug-likeness (QED) is 0.497. The Balaban J connectivity index is 2.39. The number of para-hydroxylation sites is 1. The second-order valence-corrected chi connectivity index (χ2v) is 5.96. The van der Waals surface area contributed by atoms with E-state index in [1.54, 1.807) is 12.3 Å². The zero-order valence-electron chi connectivity index (χ0n) is 9.07. The van der Waals surface area contributed by atoms with Crippen molar-refractivity contribution < 1.29 is 5.11 Å². The molecule has 1 N–H and O–H groups in total. The van der Waals surface area contributed by atoms with Gasteiger partial charge in [0.25, 0.3) is 0 Å². The Hall–Kier alpha value is -0.650. The van der Waals surface area contributed by atoms with Gasteiger partial charge in [-0.1, -0.05) is 18.2 Å². The first-order valence-corrected chi connectivity index (χ1v) is 7.43. The average Bonchev–Trinajstić information content (AvgIpc) is 2.40. The Labute approximate surface area is 130 Å². The molecule has 0 saturated heterocycles. The average molecular weight is 434 g/mol. The van der Waals surface area contributed by atoms with Crippen LogP contribution in [0.1, 0.15) is 5.56 Å². The third kappa shape index (κ3) is 3.02. The molecule has 0 spiro atoms. The first-order chi connectivity index (χ1) is 8.59. The van der Waals surface area contributed by atoms with Crippen LogP contribution in [0.15, 0.2) is 54.8 Å². The van der Waals surface area contributed by atoms with Crippen molar-refractivity contribution in [1.82, 2.24) is 0 Å². The van der Waals surface area contributed by atoms with Crippen LogP contribution in [0.25, 0.3) is 0 Å². The predicted molar refractivity (Wildman–Crippen MR) is 84.9 cm³/mol. The van der Waals surface area contributed by atoms with Gasteiger partial charge in [0.15, 0.2) is 0 Å². The fourth-order valence-electron chi connectivity index (χ4n) is 1.36. The summed E-state index contributed by atoms with van der Waals surface area (Å²) >= 11 is 10.1. The molecule has 0 unspecified atom stereocenters. The molecule has 0 aliphatic heterocycles. The fourth-order valence-corrected chi connectivity index (χ4v) is 2.82. The summed E-state index contributed by atoms with van der Waals surface area (Å²) in [6.07, 6.45) is 1.63. The summed E-state index contributed by atoms with van der Waals surface area (Å²) in [6.45, 7) is 0. The van der Waals surface area contributed by atoms with Crippen LogP contribution in [0.5, 0.6) is 5.75 Å². The molecule has 0 aliphatic rings. The molecule has 5 heteroatoms. The number of phenolic OH excluding ortho intramolecular Hbond substituents is 1. The minimum atomic E-state index is 0.157. The molecule has 2 rings (SSSR count). The highest BCUT2D eigenvalue weighted by Gasteiger charge is 2.11. The first kappa shape index (κ1) is 13.8. The zero-order chi connectivity index (χ0) is 13.1. The number of aromatic hydroxyl groups is 1. The molecule has 0 amide bonds. The highest BCUT2D eigenvalue weighted by atomic mass is 79.9. The van der Waals surface area contributed by atoms with E-state index in [2.05, 4.69) is 52.8 Å². The molecule has 0 saturated carbocycles. The van der Waals surface area contributed by atoms with E-state index >= 15 is 0 Å². The Morgan fingerprint density at radius 1 is 1.00 bits per heavy atom. The van der Waals surface area contributed by atoms with Gasteiger partial charge in [0, 0.05) is 20.7 Å². The Kier molecular flexibility index (Phi) is 4.59. The van der Waals surface area contributed by atoms with E-state index in [0.29, 0.717) is 10.0 Å². The van der Waals surface area contributed by atoms with Crippen molar-refractivity contribution in [3.8, 4) is 5.75 Å². The van der Waals surface area contributed by atoms with Crippen LogP contribution >= 0.6 is 47.8 Å². The summed E-state index contributed by atoms with van der Waals surface area (Å²) in [4.78, 5) is 4.31. The second-order valence-electron chi connectivity index (χ2n) is 3.52. The van der Waals surface area contributed by atoms with E-state index in [4.69, 9.17) is 0 Å². The third-order valence-electron chi connectivity index (χ3n) is 2.27. The van der Waals surface area contributed by atoms with Crippen molar-refractivity contribution in [3.63, 3.8) is 0 Å². The topological polar surface area (TPSA) is 32.6 Å². The highest BCUT2D eigenvalue weighted by molar-refractivity contribution is 9.14. The maximum atomic E-state index is 9.99. The Morgan fingerprint density at radius 2 is 1.67 bits per heavy atom. The van der Waals surface area contributed by atoms with Gasteiger partial charge < -0.3 is 5.11 Å². The number of rotatable bonds is 2. The van der Waals surface area contributed by atoms with Gasteiger partial charge in [0.05, 0.1) is 10.2 Å². The standard InChI is InChI=1S/C13H8Br3NO/c14-10-6-8(13(18)12(16)11(10)15)7-17-9-4-2-1-3-5-9/h1-7,18H. The molecule has 0 fully saturated rings. The molecular formula is C13H8Br3NO. The van der Waals surface area contributed by atoms with Crippen molar-refractivity contribution >= 4 is 59.7 Å². The van der Waals surface area contributed by atoms with E-state index in [9.17, 15) is 5.11 Å². The van der Waals surface area contributed by atoms with E-state index in [1.807, 2.05) is 30.3 Å². The van der Waals surface area contributed by atoms with Crippen LogP contribution in [0, 0.1) is 0 Å². The highest BCUT2D eigenvalue weighted by Crippen LogP contribution is 2.39. The Morgan fingerprint density at radius 3 is 2.33 bits per heavy atom. The van der Waals surface area contributed by atoms with Crippen LogP contribution < -0.4 is 0 Å². The van der Waals surface area contributed by atoms with Gasteiger partial charge in [0.1, 0.15) is 5.75 Å². The monoisotopic (exact) mass is 431 g/mol. The number of hydrogen-bond donors (Lipinski definition) is 1. The second kappa shape index (κ2) is 5.99. The summed E-state index contributed by atoms with van der Waals surface area (Å²) in [5.74, 6) is 0.157. The van der Waals surface area contributed by atoms with Crippen molar-refractivity contribution in [2.24, 2.45) is 4.99 Å². The summed E-state index contributed by atoms with van der Waals surface area (Å²) in [6, 6.07) is 11.4. The van der Waals surface area contributed by atoms with Crippen LogP contribution in [0.3, 0.4) is 0 Å². The molecule has 0 aromatic heterocycles. The fraction of sp³-hybridized carbons (Fsp3) is 0. The molecule has 0 bridgehead atoms. The SMILES string of the molecule is Oc1c(C=Nc2ccccc2)cc(Br)c(Br)c1Br. The van der Waals surface area contributed by atoms with Gasteiger partial charge in [-0.3, -0.25) is 4.99 Å². The lowest BCUT2D eigenvalue weighted by atomic mass is 10.2. The van der Waals surface area contributed by atoms with E-state index in [1.165, 1.54) is 0 Å². The van der Waals surface area contributed by atoms with Crippen LogP contribution in [0.2, 0.25) is 0 Å². The van der Waals surface area contributed by atoms with E-state index < -0.39 is 0 Å². The maximum absolute atomic E-state index is 9.99. The third-order valence-corrected chi connectivity index (χ3v) is 5.56. The van der Waals surface area contributed by atoms with Crippen molar-refractivity contribution in [2.75, 3.05) is 0 Å². The van der Waals surface area contributed by atoms with Gasteiger partial charge in [-0.25, -0.2) is 0 Å². The van der Waals surface area contributed by atoms with Crippen molar-refractivity contribution in [3.05, 3.63) is 55.4 Å². The summed E-state index contributed by atoms with van der Waals surface area (Å²) in [7, 11) is 0. The van der Waals surface area contributed by atoms with E-state index in [0.717, 1.165) is 14.6 Å². The van der Waals surface area contributed by atoms with Crippen LogP contribution in [0.4, 0.5) is 5.69 Å². The molecule has 0 radical (unpaired) electrons. The summed E-state index contributed by atoms with van der Waals surface area (Å²) in [5, 5.41) is 9.99. The molecule has 2 nitrogen and oxygen atoms in total. The largest absolute Gasteiger partial charge is 0.506 e. The molecule has 0 aliphatic carbocycles. The van der Waals surface area contributed by atoms with Crippen molar-refractivity contribution in [2.45, 2.75) is 0 Å². The predicted octanol–water partition coefficient (Wildman–Crippen LogP) is 5.43. The van der Waals surface area contributed by atoms with Gasteiger partial charge in [-0.05, 0) is 66.0 Å². The maximum Gasteiger partial charge on any atom is 0.139 e. The lowest BCUT2D eigenvalue weighted by Gasteiger charge is -2.06. The number of hydrogen-bond acceptors (Lipinski definition) is 2. The summed E-state index contributed by atoms with van der Waals surface area (Å²) in [5.41, 5.74) is 1.48. The van der Waals surface area contributed by atoms with Crippen molar-refractivity contribution in [1.29, 1.82) is 0 Å². The smallest absolute Gasteiger partial charge is 0.139 e.